The molecule has 1 saturated heterocycles. The summed E-state index contributed by atoms with van der Waals surface area (Å²) < 4.78 is 2.30. The molecule has 2 atom stereocenters. The molecule has 3 heterocycles. The van der Waals surface area contributed by atoms with Gasteiger partial charge < -0.3 is 9.67 Å². The highest BCUT2D eigenvalue weighted by Crippen LogP contribution is 2.44. The van der Waals surface area contributed by atoms with Crippen LogP contribution in [0.2, 0.25) is 10.0 Å². The summed E-state index contributed by atoms with van der Waals surface area (Å²) in [7, 11) is 0. The zero-order valence-electron chi connectivity index (χ0n) is 12.2. The normalized spacial score (nSPS) is 24.8. The van der Waals surface area contributed by atoms with Gasteiger partial charge in [-0.25, -0.2) is 0 Å². The summed E-state index contributed by atoms with van der Waals surface area (Å²) in [5.74, 6) is 0.148. The van der Waals surface area contributed by atoms with Crippen LogP contribution in [-0.2, 0) is 6.54 Å². The van der Waals surface area contributed by atoms with Crippen molar-refractivity contribution in [3.63, 3.8) is 0 Å². The molecule has 2 aromatic rings. The third kappa shape index (κ3) is 2.23. The number of halogens is 2. The lowest BCUT2D eigenvalue weighted by Crippen LogP contribution is -2.48. The number of rotatable bonds is 1. The monoisotopic (exact) mass is 336 g/mol. The summed E-state index contributed by atoms with van der Waals surface area (Å²) >= 11 is 12.4. The van der Waals surface area contributed by atoms with Gasteiger partial charge in [0.2, 0.25) is 0 Å². The van der Waals surface area contributed by atoms with Crippen LogP contribution in [0.4, 0.5) is 0 Å². The molecule has 22 heavy (non-hydrogen) atoms. The van der Waals surface area contributed by atoms with Gasteiger partial charge in [-0.2, -0.15) is 0 Å². The van der Waals surface area contributed by atoms with Crippen LogP contribution in [0, 0.1) is 0 Å². The maximum absolute atomic E-state index is 10.5. The second-order valence-electron chi connectivity index (χ2n) is 6.20. The molecule has 2 aliphatic heterocycles. The van der Waals surface area contributed by atoms with E-state index in [2.05, 4.69) is 27.8 Å². The summed E-state index contributed by atoms with van der Waals surface area (Å²) in [6, 6.07) is 8.17. The van der Waals surface area contributed by atoms with Crippen LogP contribution in [0.1, 0.15) is 36.6 Å². The minimum absolute atomic E-state index is 0.0187. The molecule has 3 nitrogen and oxygen atoms in total. The smallest absolute Gasteiger partial charge is 0.139 e. The van der Waals surface area contributed by atoms with E-state index in [1.165, 1.54) is 25.0 Å². The van der Waals surface area contributed by atoms with Crippen LogP contribution >= 0.6 is 23.2 Å². The third-order valence-electron chi connectivity index (χ3n) is 4.91. The second-order valence-corrected chi connectivity index (χ2v) is 7.04. The average Bonchev–Trinajstić information content (AvgIpc) is 2.96. The van der Waals surface area contributed by atoms with Crippen LogP contribution in [-0.4, -0.2) is 27.2 Å². The van der Waals surface area contributed by atoms with Crippen molar-refractivity contribution in [1.29, 1.82) is 0 Å². The molecular weight excluding hydrogens is 319 g/mol. The number of hydrogen-bond acceptors (Lipinski definition) is 2. The van der Waals surface area contributed by atoms with Gasteiger partial charge in [-0.05, 0) is 43.7 Å². The van der Waals surface area contributed by atoms with E-state index in [9.17, 15) is 5.11 Å². The van der Waals surface area contributed by atoms with E-state index in [1.807, 2.05) is 6.07 Å². The minimum Gasteiger partial charge on any atom is -0.506 e. The van der Waals surface area contributed by atoms with Crippen molar-refractivity contribution >= 4 is 23.2 Å². The molecule has 0 amide bonds. The maximum Gasteiger partial charge on any atom is 0.139 e. The molecule has 1 N–H and O–H groups in total. The van der Waals surface area contributed by atoms with Crippen molar-refractivity contribution in [3.8, 4) is 5.75 Å². The standard InChI is InChI=1S/C17H18Cl2N2O/c18-11-8-13(17(22)14(19)9-11)16-15-5-3-6-20(15)10-12-4-1-2-7-21(12)16/h3,5-6,8-9,12,16,22H,1-2,4,7,10H2. The van der Waals surface area contributed by atoms with Crippen molar-refractivity contribution in [3.05, 3.63) is 51.8 Å². The predicted octanol–water partition coefficient (Wildman–Crippen LogP) is 4.46. The van der Waals surface area contributed by atoms with E-state index in [1.54, 1.807) is 6.07 Å². The summed E-state index contributed by atoms with van der Waals surface area (Å²) in [5.41, 5.74) is 2.01. The third-order valence-corrected chi connectivity index (χ3v) is 5.42. The SMILES string of the molecule is Oc1c(Cl)cc(Cl)cc1C1c2cccn2CC2CCCCN21. The molecule has 5 heteroatoms. The molecule has 0 spiro atoms. The topological polar surface area (TPSA) is 28.4 Å². The molecule has 1 aromatic heterocycles. The Kier molecular flexibility index (Phi) is 3.60. The van der Waals surface area contributed by atoms with Gasteiger partial charge in [0.1, 0.15) is 5.75 Å². The number of phenols is 1. The number of piperidine rings is 1. The highest BCUT2D eigenvalue weighted by molar-refractivity contribution is 6.35. The summed E-state index contributed by atoms with van der Waals surface area (Å²) in [5, 5.41) is 11.4. The van der Waals surface area contributed by atoms with Crippen LogP contribution in [0.3, 0.4) is 0 Å². The number of fused-ring (bicyclic) bond motifs is 2. The van der Waals surface area contributed by atoms with Crippen LogP contribution in [0.15, 0.2) is 30.5 Å². The van der Waals surface area contributed by atoms with Crippen molar-refractivity contribution in [2.45, 2.75) is 37.9 Å². The Morgan fingerprint density at radius 2 is 2.05 bits per heavy atom. The molecule has 0 aliphatic carbocycles. The van der Waals surface area contributed by atoms with Gasteiger partial charge in [0.05, 0.1) is 11.1 Å². The maximum atomic E-state index is 10.5. The Hall–Kier alpha value is -1.16. The zero-order chi connectivity index (χ0) is 15.3. The highest BCUT2D eigenvalue weighted by atomic mass is 35.5. The quantitative estimate of drug-likeness (QED) is 0.832. The fourth-order valence-electron chi connectivity index (χ4n) is 3.93. The molecule has 1 aromatic carbocycles. The molecule has 4 rings (SSSR count). The van der Waals surface area contributed by atoms with E-state index in [4.69, 9.17) is 23.2 Å². The first-order valence-electron chi connectivity index (χ1n) is 7.74. The number of hydrogen-bond donors (Lipinski definition) is 1. The first-order chi connectivity index (χ1) is 10.6. The van der Waals surface area contributed by atoms with Crippen molar-refractivity contribution in [2.75, 3.05) is 6.54 Å². The first-order valence-corrected chi connectivity index (χ1v) is 8.49. The summed E-state index contributed by atoms with van der Waals surface area (Å²) in [6.45, 7) is 2.07. The van der Waals surface area contributed by atoms with Crippen molar-refractivity contribution in [2.24, 2.45) is 0 Å². The van der Waals surface area contributed by atoms with Gasteiger partial charge in [0.25, 0.3) is 0 Å². The molecule has 0 saturated carbocycles. The van der Waals surface area contributed by atoms with E-state index in [0.717, 1.165) is 18.7 Å². The second kappa shape index (κ2) is 5.48. The Labute approximate surface area is 140 Å². The molecule has 0 radical (unpaired) electrons. The lowest BCUT2D eigenvalue weighted by atomic mass is 9.91. The molecule has 1 fully saturated rings. The lowest BCUT2D eigenvalue weighted by Gasteiger charge is -2.46. The van der Waals surface area contributed by atoms with Crippen LogP contribution in [0.5, 0.6) is 5.75 Å². The van der Waals surface area contributed by atoms with Crippen LogP contribution < -0.4 is 0 Å². The minimum atomic E-state index is 0.0187. The molecular formula is C17H18Cl2N2O. The van der Waals surface area contributed by atoms with Crippen molar-refractivity contribution in [1.82, 2.24) is 9.47 Å². The first kappa shape index (κ1) is 14.4. The van der Waals surface area contributed by atoms with E-state index >= 15 is 0 Å². The van der Waals surface area contributed by atoms with E-state index in [0.29, 0.717) is 16.1 Å². The number of aromatic hydroxyl groups is 1. The number of phenolic OH excluding ortho intramolecular Hbond substituents is 1. The summed E-state index contributed by atoms with van der Waals surface area (Å²) in [6.07, 6.45) is 5.79. The lowest BCUT2D eigenvalue weighted by molar-refractivity contribution is 0.0735. The van der Waals surface area contributed by atoms with Gasteiger partial charge in [-0.3, -0.25) is 4.90 Å². The van der Waals surface area contributed by atoms with E-state index in [-0.39, 0.29) is 11.8 Å². The van der Waals surface area contributed by atoms with Crippen LogP contribution in [0.25, 0.3) is 0 Å². The van der Waals surface area contributed by atoms with E-state index < -0.39 is 0 Å². The summed E-state index contributed by atoms with van der Waals surface area (Å²) in [4.78, 5) is 2.50. The van der Waals surface area contributed by atoms with Gasteiger partial charge in [-0.1, -0.05) is 29.6 Å². The van der Waals surface area contributed by atoms with Gasteiger partial charge >= 0.3 is 0 Å². The number of benzene rings is 1. The average molecular weight is 337 g/mol. The molecule has 2 aliphatic rings. The Balaban J connectivity index is 1.88. The Morgan fingerprint density at radius 3 is 2.91 bits per heavy atom. The largest absolute Gasteiger partial charge is 0.506 e. The fraction of sp³-hybridized carbons (Fsp3) is 0.412. The Bertz CT molecular complexity index is 713. The highest BCUT2D eigenvalue weighted by Gasteiger charge is 2.38. The van der Waals surface area contributed by atoms with Gasteiger partial charge in [0, 0.05) is 35.1 Å². The Morgan fingerprint density at radius 1 is 1.18 bits per heavy atom. The molecule has 2 unspecified atom stereocenters. The van der Waals surface area contributed by atoms with Gasteiger partial charge in [-0.15, -0.1) is 0 Å². The molecule has 0 bridgehead atoms. The van der Waals surface area contributed by atoms with Crippen molar-refractivity contribution < 1.29 is 5.11 Å². The van der Waals surface area contributed by atoms with Gasteiger partial charge in [0.15, 0.2) is 0 Å². The number of aromatic nitrogens is 1. The predicted molar refractivity (Wildman–Crippen MR) is 88.7 cm³/mol. The molecule has 116 valence electrons. The number of nitrogens with zero attached hydrogens (tertiary/aromatic N) is 2. The fourth-order valence-corrected chi connectivity index (χ4v) is 4.44. The zero-order valence-corrected chi connectivity index (χ0v) is 13.7.